The van der Waals surface area contributed by atoms with Crippen LogP contribution < -0.4 is 0 Å². The van der Waals surface area contributed by atoms with Gasteiger partial charge < -0.3 is 0 Å². The van der Waals surface area contributed by atoms with Gasteiger partial charge in [0.1, 0.15) is 0 Å². The van der Waals surface area contributed by atoms with Crippen LogP contribution in [0.15, 0.2) is 97.1 Å². The second-order valence-electron chi connectivity index (χ2n) is 7.88. The first-order chi connectivity index (χ1) is 13.1. The Hall–Kier alpha value is -3.12. The van der Waals surface area contributed by atoms with E-state index in [0.717, 1.165) is 0 Å². The quantitative estimate of drug-likeness (QED) is 0.356. The van der Waals surface area contributed by atoms with Gasteiger partial charge in [-0.3, -0.25) is 0 Å². The van der Waals surface area contributed by atoms with Gasteiger partial charge in [-0.2, -0.15) is 0 Å². The van der Waals surface area contributed by atoms with Crippen LogP contribution in [0, 0.1) is 0 Å². The van der Waals surface area contributed by atoms with Gasteiger partial charge in [0.05, 0.1) is 0 Å². The van der Waals surface area contributed by atoms with Crippen LogP contribution in [0.1, 0.15) is 25.0 Å². The summed E-state index contributed by atoms with van der Waals surface area (Å²) in [5.41, 5.74) is 10.7. The molecule has 0 atom stereocenters. The molecule has 0 fully saturated rings. The molecule has 0 saturated heterocycles. The van der Waals surface area contributed by atoms with E-state index in [0.29, 0.717) is 0 Å². The molecule has 0 nitrogen and oxygen atoms in total. The van der Waals surface area contributed by atoms with Crippen molar-refractivity contribution in [1.29, 1.82) is 0 Å². The van der Waals surface area contributed by atoms with Gasteiger partial charge >= 0.3 is 0 Å². The Labute approximate surface area is 161 Å². The molecule has 130 valence electrons. The third kappa shape index (κ3) is 2.52. The third-order valence-corrected chi connectivity index (χ3v) is 5.89. The molecule has 0 saturated carbocycles. The zero-order valence-corrected chi connectivity index (χ0v) is 15.7. The Kier molecular flexibility index (Phi) is 3.55. The lowest BCUT2D eigenvalue weighted by molar-refractivity contribution is 0.660. The van der Waals surface area contributed by atoms with E-state index in [9.17, 15) is 0 Å². The Morgan fingerprint density at radius 1 is 0.444 bits per heavy atom. The van der Waals surface area contributed by atoms with Gasteiger partial charge in [0.2, 0.25) is 0 Å². The fourth-order valence-electron chi connectivity index (χ4n) is 4.39. The SMILES string of the molecule is CC1(C)c2ccccc2-c2ccc(-c3cccc(-c4ccccc4)c3)cc21. The lowest BCUT2D eigenvalue weighted by atomic mass is 9.81. The van der Waals surface area contributed by atoms with Crippen molar-refractivity contribution in [2.24, 2.45) is 0 Å². The number of fused-ring (bicyclic) bond motifs is 3. The molecule has 0 unspecified atom stereocenters. The van der Waals surface area contributed by atoms with Crippen LogP contribution in [-0.2, 0) is 5.41 Å². The molecule has 0 spiro atoms. The minimum atomic E-state index is 0.0407. The minimum Gasteiger partial charge on any atom is -0.0622 e. The van der Waals surface area contributed by atoms with Crippen molar-refractivity contribution in [3.63, 3.8) is 0 Å². The summed E-state index contributed by atoms with van der Waals surface area (Å²) in [5.74, 6) is 0. The highest BCUT2D eigenvalue weighted by molar-refractivity contribution is 5.84. The highest BCUT2D eigenvalue weighted by Crippen LogP contribution is 2.49. The topological polar surface area (TPSA) is 0 Å². The molecule has 4 aromatic rings. The number of rotatable bonds is 2. The standard InChI is InChI=1S/C27H22/c1-27(2)25-14-7-6-13-23(25)24-16-15-22(18-26(24)27)21-12-8-11-20(17-21)19-9-4-3-5-10-19/h3-18H,1-2H3. The van der Waals surface area contributed by atoms with Crippen LogP contribution in [0.2, 0.25) is 0 Å². The van der Waals surface area contributed by atoms with Crippen LogP contribution in [0.3, 0.4) is 0 Å². The molecule has 4 aromatic carbocycles. The van der Waals surface area contributed by atoms with Crippen molar-refractivity contribution in [2.45, 2.75) is 19.3 Å². The summed E-state index contributed by atoms with van der Waals surface area (Å²) in [6.07, 6.45) is 0. The van der Waals surface area contributed by atoms with Gasteiger partial charge in [-0.15, -0.1) is 0 Å². The highest BCUT2D eigenvalue weighted by Gasteiger charge is 2.35. The summed E-state index contributed by atoms with van der Waals surface area (Å²) in [6.45, 7) is 4.67. The van der Waals surface area contributed by atoms with Crippen molar-refractivity contribution < 1.29 is 0 Å². The zero-order chi connectivity index (χ0) is 18.4. The van der Waals surface area contributed by atoms with E-state index < -0.39 is 0 Å². The second-order valence-corrected chi connectivity index (χ2v) is 7.88. The van der Waals surface area contributed by atoms with Gasteiger partial charge in [-0.05, 0) is 56.6 Å². The predicted molar refractivity (Wildman–Crippen MR) is 115 cm³/mol. The van der Waals surface area contributed by atoms with Crippen molar-refractivity contribution in [1.82, 2.24) is 0 Å². The number of hydrogen-bond donors (Lipinski definition) is 0. The Morgan fingerprint density at radius 2 is 1.04 bits per heavy atom. The van der Waals surface area contributed by atoms with Crippen molar-refractivity contribution in [2.75, 3.05) is 0 Å². The van der Waals surface area contributed by atoms with E-state index in [1.165, 1.54) is 44.5 Å². The fraction of sp³-hybridized carbons (Fsp3) is 0.111. The van der Waals surface area contributed by atoms with Gasteiger partial charge in [-0.1, -0.05) is 98.8 Å². The molecule has 0 heterocycles. The minimum absolute atomic E-state index is 0.0407. The average molecular weight is 346 g/mol. The highest BCUT2D eigenvalue weighted by atomic mass is 14.4. The first-order valence-electron chi connectivity index (χ1n) is 9.55. The van der Waals surface area contributed by atoms with Crippen molar-refractivity contribution in [3.8, 4) is 33.4 Å². The lowest BCUT2D eigenvalue weighted by Gasteiger charge is -2.22. The van der Waals surface area contributed by atoms with Crippen LogP contribution in [-0.4, -0.2) is 0 Å². The van der Waals surface area contributed by atoms with Crippen molar-refractivity contribution in [3.05, 3.63) is 108 Å². The zero-order valence-electron chi connectivity index (χ0n) is 15.7. The Bertz CT molecular complexity index is 1130. The maximum absolute atomic E-state index is 2.39. The van der Waals surface area contributed by atoms with E-state index in [-0.39, 0.29) is 5.41 Å². The van der Waals surface area contributed by atoms with Crippen LogP contribution in [0.4, 0.5) is 0 Å². The molecule has 5 rings (SSSR count). The maximum atomic E-state index is 2.39. The smallest absolute Gasteiger partial charge is 0.0159 e. The summed E-state index contributed by atoms with van der Waals surface area (Å²) in [7, 11) is 0. The van der Waals surface area contributed by atoms with Gasteiger partial charge in [0, 0.05) is 5.41 Å². The van der Waals surface area contributed by atoms with E-state index in [2.05, 4.69) is 111 Å². The largest absolute Gasteiger partial charge is 0.0622 e. The predicted octanol–water partition coefficient (Wildman–Crippen LogP) is 7.33. The summed E-state index contributed by atoms with van der Waals surface area (Å²) < 4.78 is 0. The van der Waals surface area contributed by atoms with Crippen molar-refractivity contribution >= 4 is 0 Å². The first-order valence-corrected chi connectivity index (χ1v) is 9.55. The van der Waals surface area contributed by atoms with E-state index >= 15 is 0 Å². The molecule has 0 aromatic heterocycles. The van der Waals surface area contributed by atoms with Gasteiger partial charge in [0.25, 0.3) is 0 Å². The Balaban J connectivity index is 1.63. The van der Waals surface area contributed by atoms with Gasteiger partial charge in [-0.25, -0.2) is 0 Å². The van der Waals surface area contributed by atoms with Crippen LogP contribution in [0.5, 0.6) is 0 Å². The van der Waals surface area contributed by atoms with Crippen LogP contribution in [0.25, 0.3) is 33.4 Å². The van der Waals surface area contributed by atoms with E-state index in [1.54, 1.807) is 0 Å². The molecule has 0 amide bonds. The summed E-state index contributed by atoms with van der Waals surface area (Å²) in [4.78, 5) is 0. The summed E-state index contributed by atoms with van der Waals surface area (Å²) in [6, 6.07) is 35.2. The summed E-state index contributed by atoms with van der Waals surface area (Å²) >= 11 is 0. The van der Waals surface area contributed by atoms with E-state index in [1.807, 2.05) is 0 Å². The maximum Gasteiger partial charge on any atom is 0.0159 e. The molecular weight excluding hydrogens is 324 g/mol. The number of benzene rings is 4. The summed E-state index contributed by atoms with van der Waals surface area (Å²) in [5, 5.41) is 0. The average Bonchev–Trinajstić information content (AvgIpc) is 2.96. The lowest BCUT2D eigenvalue weighted by Crippen LogP contribution is -2.14. The first kappa shape index (κ1) is 16.1. The molecule has 0 heteroatoms. The molecule has 0 N–H and O–H groups in total. The van der Waals surface area contributed by atoms with Gasteiger partial charge in [0.15, 0.2) is 0 Å². The molecule has 0 radical (unpaired) electrons. The molecule has 1 aliphatic rings. The molecule has 0 bridgehead atoms. The van der Waals surface area contributed by atoms with E-state index in [4.69, 9.17) is 0 Å². The second kappa shape index (κ2) is 5.96. The number of hydrogen-bond acceptors (Lipinski definition) is 0. The molecular formula is C27H22. The third-order valence-electron chi connectivity index (χ3n) is 5.89. The van der Waals surface area contributed by atoms with Crippen LogP contribution >= 0.6 is 0 Å². The fourth-order valence-corrected chi connectivity index (χ4v) is 4.39. The molecule has 0 aliphatic heterocycles. The molecule has 27 heavy (non-hydrogen) atoms. The monoisotopic (exact) mass is 346 g/mol. The Morgan fingerprint density at radius 3 is 1.85 bits per heavy atom. The molecule has 1 aliphatic carbocycles. The normalized spacial score (nSPS) is 13.9.